The van der Waals surface area contributed by atoms with Crippen molar-refractivity contribution in [2.75, 3.05) is 0 Å². The van der Waals surface area contributed by atoms with Crippen molar-refractivity contribution in [3.05, 3.63) is 153 Å². The maximum Gasteiger partial charge on any atom is 0.252 e. The van der Waals surface area contributed by atoms with E-state index in [-0.39, 0.29) is 60.9 Å². The maximum absolute atomic E-state index is 5.86. The summed E-state index contributed by atoms with van der Waals surface area (Å²) in [7, 11) is 0. The Kier molecular flexibility index (Phi) is 14.1. The van der Waals surface area contributed by atoms with Gasteiger partial charge < -0.3 is 9.13 Å². The van der Waals surface area contributed by atoms with Gasteiger partial charge in [-0.25, -0.2) is 15.0 Å². The summed E-state index contributed by atoms with van der Waals surface area (Å²) in [6.45, 7) is 70.9. The van der Waals surface area contributed by atoms with Crippen LogP contribution in [-0.2, 0) is 54.1 Å². The lowest BCUT2D eigenvalue weighted by Crippen LogP contribution is -2.59. The minimum Gasteiger partial charge on any atom is -0.310 e. The standard InChI is InChI=1S/C85H106BN5/c1-76(2,3)50-31-47(32-51(37-50)77(4,5)6)73-87-74(48-33-52(78(7,8)9)38-53(34-48)79(10,11)12)89-75(88-73)49-35-66-70-67(36-49)91-65-46-57(83(22,23)24)42-61(85(28,29)30)69(65)59-40-55(81(16,17)18)44-63(72(59)91)86(70)62-43-54(80(13,14)15)39-58-68-60(84(25,26)27)41-56(82(19,20)21)45-64(68)90(66)71(58)62/h31-46H,1-30H3. The molecule has 0 aliphatic carbocycles. The van der Waals surface area contributed by atoms with Crippen LogP contribution >= 0.6 is 0 Å². The second kappa shape index (κ2) is 19.9. The highest BCUT2D eigenvalue weighted by Crippen LogP contribution is 2.49. The van der Waals surface area contributed by atoms with Crippen molar-refractivity contribution in [1.82, 2.24) is 24.1 Å². The first-order chi connectivity index (χ1) is 41.4. The van der Waals surface area contributed by atoms with E-state index in [2.05, 4.69) is 314 Å². The predicted molar refractivity (Wildman–Crippen MR) is 396 cm³/mol. The average Bonchev–Trinajstić information content (AvgIpc) is 1.56. The third-order valence-electron chi connectivity index (χ3n) is 20.3. The lowest BCUT2D eigenvalue weighted by atomic mass is 9.34. The Labute approximate surface area is 547 Å². The van der Waals surface area contributed by atoms with Gasteiger partial charge in [-0.2, -0.15) is 0 Å². The molecule has 0 saturated heterocycles. The Morgan fingerprint density at radius 1 is 0.264 bits per heavy atom. The van der Waals surface area contributed by atoms with Crippen molar-refractivity contribution in [2.45, 2.75) is 262 Å². The maximum atomic E-state index is 5.86. The number of aromatic nitrogens is 5. The molecule has 0 N–H and O–H groups in total. The zero-order chi connectivity index (χ0) is 66.9. The molecule has 0 spiro atoms. The van der Waals surface area contributed by atoms with Gasteiger partial charge in [-0.1, -0.05) is 244 Å². The molecule has 2 aliphatic rings. The third kappa shape index (κ3) is 10.8. The van der Waals surface area contributed by atoms with Gasteiger partial charge in [0.25, 0.3) is 6.71 Å². The number of hydrogen-bond acceptors (Lipinski definition) is 3. The lowest BCUT2D eigenvalue weighted by molar-refractivity contribution is 0.568. The smallest absolute Gasteiger partial charge is 0.252 e. The summed E-state index contributed by atoms with van der Waals surface area (Å²) in [5.41, 5.74) is 26.3. The molecule has 6 heteroatoms. The predicted octanol–water partition coefficient (Wildman–Crippen LogP) is 21.2. The molecule has 12 rings (SSSR count). The quantitative estimate of drug-likeness (QED) is 0.166. The zero-order valence-corrected chi connectivity index (χ0v) is 61.6. The van der Waals surface area contributed by atoms with Crippen LogP contribution in [0.15, 0.2) is 97.1 Å². The Hall–Kier alpha value is -6.79. The van der Waals surface area contributed by atoms with Crippen molar-refractivity contribution >= 4 is 66.7 Å². The van der Waals surface area contributed by atoms with Crippen molar-refractivity contribution < 1.29 is 0 Å². The number of fused-ring (bicyclic) bond motifs is 10. The van der Waals surface area contributed by atoms with Crippen LogP contribution < -0.4 is 16.4 Å². The van der Waals surface area contributed by atoms with Gasteiger partial charge in [0.15, 0.2) is 17.5 Å². The molecule has 2 aliphatic heterocycles. The van der Waals surface area contributed by atoms with Gasteiger partial charge in [0, 0.05) is 60.6 Å². The fourth-order valence-corrected chi connectivity index (χ4v) is 14.4. The zero-order valence-electron chi connectivity index (χ0n) is 61.6. The molecule has 5 nitrogen and oxygen atoms in total. The van der Waals surface area contributed by atoms with E-state index in [9.17, 15) is 0 Å². The second-order valence-electron chi connectivity index (χ2n) is 38.2. The van der Waals surface area contributed by atoms with Gasteiger partial charge in [-0.05, 0) is 187 Å². The van der Waals surface area contributed by atoms with Gasteiger partial charge in [0.2, 0.25) is 0 Å². The molecular weight excluding hydrogens is 1100 g/mol. The Bertz CT molecular complexity index is 4350. The molecule has 10 aromatic rings. The molecule has 91 heavy (non-hydrogen) atoms. The molecule has 0 atom stereocenters. The summed E-state index contributed by atoms with van der Waals surface area (Å²) in [6.07, 6.45) is 0. The van der Waals surface area contributed by atoms with Gasteiger partial charge in [-0.3, -0.25) is 0 Å². The molecule has 5 heterocycles. The van der Waals surface area contributed by atoms with Gasteiger partial charge in [0.1, 0.15) is 0 Å². The first-order valence-corrected chi connectivity index (χ1v) is 34.0. The van der Waals surface area contributed by atoms with E-state index in [1.165, 1.54) is 127 Å². The normalized spacial score (nSPS) is 14.5. The SMILES string of the molecule is CC(C)(C)c1cc(-c2nc(-c3cc(C(C)(C)C)cc(C(C)(C)C)c3)nc(-c3cc4c5c(c3)-n3c6cc(C(C)(C)C)cc(C(C)(C)C)c6c6cc(C(C)(C)C)cc(c63)B5c3cc(C(C)(C)C)cc5c6c(C(C)(C)C)cc(C(C)(C)C)cc6n-4c35)n2)cc(C(C)(C)C)c1. The molecule has 7 aromatic carbocycles. The lowest BCUT2D eigenvalue weighted by Gasteiger charge is -2.36. The Balaban J connectivity index is 1.35. The van der Waals surface area contributed by atoms with E-state index >= 15 is 0 Å². The highest BCUT2D eigenvalue weighted by atomic mass is 15.1. The van der Waals surface area contributed by atoms with Crippen molar-refractivity contribution in [3.63, 3.8) is 0 Å². The van der Waals surface area contributed by atoms with Crippen molar-refractivity contribution in [1.29, 1.82) is 0 Å². The van der Waals surface area contributed by atoms with Crippen molar-refractivity contribution in [3.8, 4) is 45.5 Å². The largest absolute Gasteiger partial charge is 0.310 e. The summed E-state index contributed by atoms with van der Waals surface area (Å²) in [5.74, 6) is 2.01. The van der Waals surface area contributed by atoms with Gasteiger partial charge in [-0.15, -0.1) is 0 Å². The van der Waals surface area contributed by atoms with Crippen LogP contribution in [0.3, 0.4) is 0 Å². The fourth-order valence-electron chi connectivity index (χ4n) is 14.4. The molecule has 0 fully saturated rings. The minimum absolute atomic E-state index is 0.0981. The Morgan fingerprint density at radius 2 is 0.516 bits per heavy atom. The van der Waals surface area contributed by atoms with Crippen LogP contribution in [0.25, 0.3) is 89.2 Å². The van der Waals surface area contributed by atoms with Gasteiger partial charge >= 0.3 is 0 Å². The molecule has 474 valence electrons. The van der Waals surface area contributed by atoms with Crippen LogP contribution in [0, 0.1) is 0 Å². The van der Waals surface area contributed by atoms with E-state index < -0.39 is 0 Å². The van der Waals surface area contributed by atoms with E-state index in [4.69, 9.17) is 15.0 Å². The first kappa shape index (κ1) is 64.3. The molecule has 0 amide bonds. The fraction of sp³-hybridized carbons (Fsp3) is 0.471. The summed E-state index contributed by atoms with van der Waals surface area (Å²) in [5, 5.41) is 5.34. The molecule has 0 unspecified atom stereocenters. The van der Waals surface area contributed by atoms with Crippen molar-refractivity contribution in [2.24, 2.45) is 0 Å². The third-order valence-corrected chi connectivity index (χ3v) is 20.3. The first-order valence-electron chi connectivity index (χ1n) is 34.0. The van der Waals surface area contributed by atoms with Crippen LogP contribution in [-0.4, -0.2) is 30.8 Å². The molecule has 0 radical (unpaired) electrons. The molecular formula is C85H106BN5. The number of nitrogens with zero attached hydrogens (tertiary/aromatic N) is 5. The van der Waals surface area contributed by atoms with E-state index in [1.807, 2.05) is 0 Å². The minimum atomic E-state index is -0.167. The summed E-state index contributed by atoms with van der Waals surface area (Å²) < 4.78 is 5.43. The number of hydrogen-bond donors (Lipinski definition) is 0. The summed E-state index contributed by atoms with van der Waals surface area (Å²) in [6, 6.07) is 39.8. The van der Waals surface area contributed by atoms with Gasteiger partial charge in [0.05, 0.1) is 11.0 Å². The van der Waals surface area contributed by atoms with E-state index in [0.717, 1.165) is 16.7 Å². The highest BCUT2D eigenvalue weighted by Gasteiger charge is 2.45. The summed E-state index contributed by atoms with van der Waals surface area (Å²) >= 11 is 0. The van der Waals surface area contributed by atoms with E-state index in [0.29, 0.717) is 17.5 Å². The van der Waals surface area contributed by atoms with Crippen LogP contribution in [0.5, 0.6) is 0 Å². The van der Waals surface area contributed by atoms with Crippen LogP contribution in [0.2, 0.25) is 0 Å². The van der Waals surface area contributed by atoms with Crippen LogP contribution in [0.4, 0.5) is 0 Å². The van der Waals surface area contributed by atoms with Crippen LogP contribution in [0.1, 0.15) is 263 Å². The highest BCUT2D eigenvalue weighted by molar-refractivity contribution is 7.00. The molecule has 0 bridgehead atoms. The number of benzene rings is 7. The molecule has 0 saturated carbocycles. The second-order valence-corrected chi connectivity index (χ2v) is 38.2. The Morgan fingerprint density at radius 3 is 0.780 bits per heavy atom. The number of rotatable bonds is 3. The molecule has 3 aromatic heterocycles. The topological polar surface area (TPSA) is 48.5 Å². The average molecular weight is 1210 g/mol. The summed E-state index contributed by atoms with van der Waals surface area (Å²) in [4.78, 5) is 17.4. The monoisotopic (exact) mass is 1210 g/mol. The van der Waals surface area contributed by atoms with E-state index in [1.54, 1.807) is 0 Å².